The van der Waals surface area contributed by atoms with Gasteiger partial charge in [-0.3, -0.25) is 0 Å². The molecule has 2 heteroatoms. The first-order valence-electron chi connectivity index (χ1n) is 2.12. The summed E-state index contributed by atoms with van der Waals surface area (Å²) in [5, 5.41) is 0. The van der Waals surface area contributed by atoms with Gasteiger partial charge in [0.15, 0.2) is 0 Å². The second kappa shape index (κ2) is 9.08. The van der Waals surface area contributed by atoms with Crippen LogP contribution in [0.5, 0.6) is 0 Å². The van der Waals surface area contributed by atoms with Gasteiger partial charge in [0, 0.05) is 17.1 Å². The summed E-state index contributed by atoms with van der Waals surface area (Å²) in [6, 6.07) is 0. The zero-order chi connectivity index (χ0) is 4.12. The predicted octanol–water partition coefficient (Wildman–Crippen LogP) is 0.743. The van der Waals surface area contributed by atoms with Crippen LogP contribution in [-0.2, 0) is 17.1 Å². The molecule has 0 aromatic carbocycles. The fourth-order valence-electron chi connectivity index (χ4n) is 0.204. The Balaban J connectivity index is 0. The van der Waals surface area contributed by atoms with Crippen LogP contribution in [0.1, 0.15) is 19.8 Å². The van der Waals surface area contributed by atoms with E-state index in [4.69, 9.17) is 5.73 Å². The first-order chi connectivity index (χ1) is 2.41. The molecule has 0 heterocycles. The topological polar surface area (TPSA) is 26.0 Å². The maximum atomic E-state index is 5.14. The van der Waals surface area contributed by atoms with E-state index in [0.29, 0.717) is 0 Å². The summed E-state index contributed by atoms with van der Waals surface area (Å²) in [6.45, 7) is 2.98. The van der Waals surface area contributed by atoms with Crippen molar-refractivity contribution >= 4 is 0 Å². The van der Waals surface area contributed by atoms with Crippen LogP contribution in [0, 0.1) is 0 Å². The minimum Gasteiger partial charge on any atom is -0.330 e. The molecule has 0 aliphatic rings. The molecule has 0 unspecified atom stereocenters. The molecule has 0 bridgehead atoms. The third-order valence-corrected chi connectivity index (χ3v) is 0.558. The molecular weight excluding hydrogens is 126 g/mol. The van der Waals surface area contributed by atoms with Crippen LogP contribution in [0.3, 0.4) is 0 Å². The molecule has 0 amide bonds. The van der Waals surface area contributed by atoms with Gasteiger partial charge in [-0.2, -0.15) is 0 Å². The first kappa shape index (κ1) is 9.70. The first-order valence-corrected chi connectivity index (χ1v) is 2.12. The van der Waals surface area contributed by atoms with Gasteiger partial charge in [0.25, 0.3) is 0 Å². The molecule has 0 aromatic rings. The average Bonchev–Trinajstić information content (AvgIpc) is 1.41. The molecule has 0 aromatic heterocycles. The molecule has 6 heavy (non-hydrogen) atoms. The SMILES string of the molecule is CCCCN.[Cu]. The zero-order valence-corrected chi connectivity index (χ0v) is 4.94. The molecule has 0 spiro atoms. The predicted molar refractivity (Wildman–Crippen MR) is 24.0 cm³/mol. The van der Waals surface area contributed by atoms with E-state index in [1.807, 2.05) is 0 Å². The number of rotatable bonds is 2. The number of hydrogen-bond acceptors (Lipinski definition) is 1. The van der Waals surface area contributed by atoms with Gasteiger partial charge in [0.2, 0.25) is 0 Å². The summed E-state index contributed by atoms with van der Waals surface area (Å²) in [4.78, 5) is 0. The quantitative estimate of drug-likeness (QED) is 0.557. The van der Waals surface area contributed by atoms with E-state index in [9.17, 15) is 0 Å². The average molecular weight is 137 g/mol. The molecule has 1 nitrogen and oxygen atoms in total. The van der Waals surface area contributed by atoms with E-state index in [1.54, 1.807) is 0 Å². The van der Waals surface area contributed by atoms with Crippen LogP contribution in [0.25, 0.3) is 0 Å². The molecular formula is C4H11CuN. The van der Waals surface area contributed by atoms with Crippen LogP contribution >= 0.6 is 0 Å². The Morgan fingerprint density at radius 1 is 1.50 bits per heavy atom. The van der Waals surface area contributed by atoms with Crippen molar-refractivity contribution in [2.75, 3.05) is 6.54 Å². The molecule has 0 rings (SSSR count). The Morgan fingerprint density at radius 3 is 2.00 bits per heavy atom. The maximum Gasteiger partial charge on any atom is 0 e. The Bertz CT molecular complexity index is 15.0. The maximum absolute atomic E-state index is 5.14. The fourth-order valence-corrected chi connectivity index (χ4v) is 0.204. The van der Waals surface area contributed by atoms with Crippen LogP contribution in [0.15, 0.2) is 0 Å². The Morgan fingerprint density at radius 2 is 2.00 bits per heavy atom. The van der Waals surface area contributed by atoms with E-state index in [-0.39, 0.29) is 17.1 Å². The summed E-state index contributed by atoms with van der Waals surface area (Å²) < 4.78 is 0. The van der Waals surface area contributed by atoms with Gasteiger partial charge in [-0.15, -0.1) is 0 Å². The smallest absolute Gasteiger partial charge is 0 e. The van der Waals surface area contributed by atoms with Crippen molar-refractivity contribution in [2.24, 2.45) is 5.73 Å². The minimum absolute atomic E-state index is 0. The molecule has 0 saturated carbocycles. The van der Waals surface area contributed by atoms with Gasteiger partial charge in [0.05, 0.1) is 0 Å². The van der Waals surface area contributed by atoms with Crippen molar-refractivity contribution in [1.82, 2.24) is 0 Å². The van der Waals surface area contributed by atoms with E-state index in [1.165, 1.54) is 12.8 Å². The third kappa shape index (κ3) is 8.82. The largest absolute Gasteiger partial charge is 0.330 e. The van der Waals surface area contributed by atoms with E-state index in [2.05, 4.69) is 6.92 Å². The molecule has 43 valence electrons. The van der Waals surface area contributed by atoms with Gasteiger partial charge < -0.3 is 5.73 Å². The van der Waals surface area contributed by atoms with Crippen LogP contribution in [-0.4, -0.2) is 6.54 Å². The summed E-state index contributed by atoms with van der Waals surface area (Å²) >= 11 is 0. The Kier molecular flexibility index (Phi) is 14.7. The molecule has 0 aliphatic carbocycles. The molecule has 0 aliphatic heterocycles. The fraction of sp³-hybridized carbons (Fsp3) is 1.00. The molecule has 0 fully saturated rings. The van der Waals surface area contributed by atoms with Gasteiger partial charge in [-0.1, -0.05) is 13.3 Å². The minimum atomic E-state index is 0. The van der Waals surface area contributed by atoms with Crippen molar-refractivity contribution in [1.29, 1.82) is 0 Å². The molecule has 0 atom stereocenters. The van der Waals surface area contributed by atoms with Crippen molar-refractivity contribution in [3.8, 4) is 0 Å². The Labute approximate surface area is 49.8 Å². The summed E-state index contributed by atoms with van der Waals surface area (Å²) in [5.74, 6) is 0. The van der Waals surface area contributed by atoms with Gasteiger partial charge in [-0.05, 0) is 13.0 Å². The van der Waals surface area contributed by atoms with Crippen LogP contribution in [0.4, 0.5) is 0 Å². The van der Waals surface area contributed by atoms with E-state index in [0.717, 1.165) is 6.54 Å². The summed E-state index contributed by atoms with van der Waals surface area (Å²) in [6.07, 6.45) is 2.39. The van der Waals surface area contributed by atoms with Crippen LogP contribution in [0.2, 0.25) is 0 Å². The monoisotopic (exact) mass is 136 g/mol. The van der Waals surface area contributed by atoms with Crippen molar-refractivity contribution in [2.45, 2.75) is 19.8 Å². The number of nitrogens with two attached hydrogens (primary N) is 1. The number of hydrogen-bond donors (Lipinski definition) is 1. The van der Waals surface area contributed by atoms with Gasteiger partial charge in [0.1, 0.15) is 0 Å². The van der Waals surface area contributed by atoms with Crippen molar-refractivity contribution in [3.05, 3.63) is 0 Å². The standard InChI is InChI=1S/C4H11N.Cu/c1-2-3-4-5;/h2-5H2,1H3;. The third-order valence-electron chi connectivity index (χ3n) is 0.558. The Hall–Kier alpha value is 0.479. The second-order valence-corrected chi connectivity index (χ2v) is 1.14. The van der Waals surface area contributed by atoms with Gasteiger partial charge in [-0.25, -0.2) is 0 Å². The number of unbranched alkanes of at least 4 members (excludes halogenated alkanes) is 1. The summed E-state index contributed by atoms with van der Waals surface area (Å²) in [5.41, 5.74) is 5.14. The second-order valence-electron chi connectivity index (χ2n) is 1.14. The van der Waals surface area contributed by atoms with E-state index < -0.39 is 0 Å². The normalized spacial score (nSPS) is 7.00. The van der Waals surface area contributed by atoms with Gasteiger partial charge >= 0.3 is 0 Å². The van der Waals surface area contributed by atoms with Crippen molar-refractivity contribution in [3.63, 3.8) is 0 Å². The molecule has 2 N–H and O–H groups in total. The van der Waals surface area contributed by atoms with E-state index >= 15 is 0 Å². The zero-order valence-electron chi connectivity index (χ0n) is 4.00. The molecule has 0 saturated heterocycles. The summed E-state index contributed by atoms with van der Waals surface area (Å²) in [7, 11) is 0. The van der Waals surface area contributed by atoms with Crippen LogP contribution < -0.4 is 5.73 Å². The van der Waals surface area contributed by atoms with Crippen molar-refractivity contribution < 1.29 is 17.1 Å². The molecule has 1 radical (unpaired) electrons.